The maximum absolute atomic E-state index is 13.5. The van der Waals surface area contributed by atoms with Gasteiger partial charge in [0.2, 0.25) is 0 Å². The molecule has 0 bridgehead atoms. The number of benzene rings is 3. The standard InChI is InChI=1S/C27H25NO5S/c1-18-8-10-22(11-9-18)34(29,30)28-15-19(23-6-4-5-7-25(23)28)12-20-16-33-17-21-13-26(31-2)27(32-3)14-24(20)21/h4-15H,16-17H2,1-3H3/b20-12+. The molecule has 1 aliphatic rings. The van der Waals surface area contributed by atoms with Crippen molar-refractivity contribution in [3.8, 4) is 11.5 Å². The Hall–Kier alpha value is -3.55. The van der Waals surface area contributed by atoms with Gasteiger partial charge in [-0.3, -0.25) is 0 Å². The van der Waals surface area contributed by atoms with Crippen LogP contribution in [-0.4, -0.2) is 33.2 Å². The van der Waals surface area contributed by atoms with Crippen molar-refractivity contribution < 1.29 is 22.6 Å². The Balaban J connectivity index is 1.67. The Labute approximate surface area is 199 Å². The van der Waals surface area contributed by atoms with Gasteiger partial charge < -0.3 is 14.2 Å². The van der Waals surface area contributed by atoms with Gasteiger partial charge in [0.05, 0.1) is 37.8 Å². The molecule has 34 heavy (non-hydrogen) atoms. The lowest BCUT2D eigenvalue weighted by molar-refractivity contribution is 0.146. The van der Waals surface area contributed by atoms with Crippen LogP contribution in [0.4, 0.5) is 0 Å². The van der Waals surface area contributed by atoms with Gasteiger partial charge in [-0.2, -0.15) is 0 Å². The van der Waals surface area contributed by atoms with E-state index in [1.807, 2.05) is 49.4 Å². The van der Waals surface area contributed by atoms with Gasteiger partial charge in [-0.05, 0) is 60.0 Å². The summed E-state index contributed by atoms with van der Waals surface area (Å²) in [6.07, 6.45) is 3.68. The van der Waals surface area contributed by atoms with Crippen LogP contribution < -0.4 is 9.47 Å². The summed E-state index contributed by atoms with van der Waals surface area (Å²) in [5, 5.41) is 0.846. The number of nitrogens with zero attached hydrogens (tertiary/aromatic N) is 1. The van der Waals surface area contributed by atoms with Crippen LogP contribution in [0.3, 0.4) is 0 Å². The first-order valence-electron chi connectivity index (χ1n) is 10.9. The molecule has 6 nitrogen and oxygen atoms in total. The molecule has 0 aliphatic carbocycles. The van der Waals surface area contributed by atoms with Crippen LogP contribution in [0.5, 0.6) is 11.5 Å². The molecular weight excluding hydrogens is 450 g/mol. The summed E-state index contributed by atoms with van der Waals surface area (Å²) in [5.41, 5.74) is 5.36. The molecule has 1 aromatic heterocycles. The molecule has 5 rings (SSSR count). The second-order valence-corrected chi connectivity index (χ2v) is 10.1. The summed E-state index contributed by atoms with van der Waals surface area (Å²) in [5.74, 6) is 1.28. The summed E-state index contributed by atoms with van der Waals surface area (Å²) < 4.78 is 45.1. The van der Waals surface area contributed by atoms with E-state index < -0.39 is 10.0 Å². The molecular formula is C27H25NO5S. The van der Waals surface area contributed by atoms with Crippen molar-refractivity contribution in [2.24, 2.45) is 0 Å². The van der Waals surface area contributed by atoms with Crippen LogP contribution in [0.15, 0.2) is 71.8 Å². The van der Waals surface area contributed by atoms with Crippen LogP contribution in [0.2, 0.25) is 0 Å². The van der Waals surface area contributed by atoms with E-state index in [0.29, 0.717) is 30.2 Å². The monoisotopic (exact) mass is 475 g/mol. The first kappa shape index (κ1) is 22.3. The SMILES string of the molecule is COc1cc2c(cc1OC)/C(=C/c1cn(S(=O)(=O)c3ccc(C)cc3)c3ccccc13)COC2. The number of rotatable bonds is 5. The molecule has 0 fully saturated rings. The van der Waals surface area contributed by atoms with E-state index in [4.69, 9.17) is 14.2 Å². The van der Waals surface area contributed by atoms with E-state index in [0.717, 1.165) is 33.2 Å². The number of methoxy groups -OCH3 is 2. The van der Waals surface area contributed by atoms with Gasteiger partial charge in [0, 0.05) is 17.1 Å². The lowest BCUT2D eigenvalue weighted by atomic mass is 9.95. The number of aryl methyl sites for hydroxylation is 1. The summed E-state index contributed by atoms with van der Waals surface area (Å²) in [6.45, 7) is 2.81. The third kappa shape index (κ3) is 3.77. The first-order chi connectivity index (χ1) is 16.4. The smallest absolute Gasteiger partial charge is 0.268 e. The van der Waals surface area contributed by atoms with E-state index in [2.05, 4.69) is 0 Å². The van der Waals surface area contributed by atoms with Crippen LogP contribution in [0.25, 0.3) is 22.6 Å². The third-order valence-electron chi connectivity index (χ3n) is 6.09. The average Bonchev–Trinajstić information content (AvgIpc) is 3.23. The topological polar surface area (TPSA) is 66.8 Å². The summed E-state index contributed by atoms with van der Waals surface area (Å²) in [4.78, 5) is 0.251. The minimum Gasteiger partial charge on any atom is -0.493 e. The van der Waals surface area contributed by atoms with Crippen LogP contribution in [0.1, 0.15) is 22.3 Å². The normalized spacial score (nSPS) is 14.9. The molecule has 4 aromatic rings. The summed E-state index contributed by atoms with van der Waals surface area (Å²) >= 11 is 0. The van der Waals surface area contributed by atoms with Crippen LogP contribution in [-0.2, 0) is 21.4 Å². The highest BCUT2D eigenvalue weighted by atomic mass is 32.2. The van der Waals surface area contributed by atoms with Gasteiger partial charge in [-0.1, -0.05) is 35.9 Å². The van der Waals surface area contributed by atoms with Crippen molar-refractivity contribution in [3.63, 3.8) is 0 Å². The maximum Gasteiger partial charge on any atom is 0.268 e. The number of fused-ring (bicyclic) bond motifs is 2. The van der Waals surface area contributed by atoms with Crippen molar-refractivity contribution in [2.45, 2.75) is 18.4 Å². The molecule has 2 heterocycles. The minimum absolute atomic E-state index is 0.251. The zero-order chi connectivity index (χ0) is 23.9. The largest absolute Gasteiger partial charge is 0.493 e. The third-order valence-corrected chi connectivity index (χ3v) is 7.77. The first-order valence-corrected chi connectivity index (χ1v) is 12.3. The van der Waals surface area contributed by atoms with E-state index in [1.54, 1.807) is 44.7 Å². The van der Waals surface area contributed by atoms with Crippen molar-refractivity contribution in [3.05, 3.63) is 89.1 Å². The molecule has 174 valence electrons. The second kappa shape index (κ2) is 8.66. The van der Waals surface area contributed by atoms with Gasteiger partial charge in [0.1, 0.15) is 0 Å². The Bertz CT molecular complexity index is 1510. The van der Waals surface area contributed by atoms with Gasteiger partial charge in [0.25, 0.3) is 10.0 Å². The minimum atomic E-state index is -3.76. The molecule has 7 heteroatoms. The summed E-state index contributed by atoms with van der Waals surface area (Å²) in [7, 11) is -0.550. The molecule has 0 unspecified atom stereocenters. The fraction of sp³-hybridized carbons (Fsp3) is 0.185. The quantitative estimate of drug-likeness (QED) is 0.393. The Morgan fingerprint density at radius 1 is 0.941 bits per heavy atom. The molecule has 0 saturated carbocycles. The maximum atomic E-state index is 13.5. The van der Waals surface area contributed by atoms with Crippen LogP contribution in [0, 0.1) is 6.92 Å². The highest BCUT2D eigenvalue weighted by Crippen LogP contribution is 2.38. The van der Waals surface area contributed by atoms with E-state index in [-0.39, 0.29) is 4.90 Å². The highest BCUT2D eigenvalue weighted by molar-refractivity contribution is 7.90. The Morgan fingerprint density at radius 2 is 1.65 bits per heavy atom. The summed E-state index contributed by atoms with van der Waals surface area (Å²) in [6, 6.07) is 18.3. The fourth-order valence-electron chi connectivity index (χ4n) is 4.31. The van der Waals surface area contributed by atoms with Crippen molar-refractivity contribution in [1.29, 1.82) is 0 Å². The van der Waals surface area contributed by atoms with Crippen LogP contribution >= 0.6 is 0 Å². The van der Waals surface area contributed by atoms with E-state index in [9.17, 15) is 8.42 Å². The fourth-order valence-corrected chi connectivity index (χ4v) is 5.69. The molecule has 0 N–H and O–H groups in total. The average molecular weight is 476 g/mol. The molecule has 0 spiro atoms. The predicted molar refractivity (Wildman–Crippen MR) is 133 cm³/mol. The van der Waals surface area contributed by atoms with E-state index in [1.165, 1.54) is 3.97 Å². The number of para-hydroxylation sites is 1. The number of aromatic nitrogens is 1. The molecule has 0 saturated heterocycles. The van der Waals surface area contributed by atoms with E-state index >= 15 is 0 Å². The molecule has 0 amide bonds. The van der Waals surface area contributed by atoms with Gasteiger partial charge in [-0.25, -0.2) is 12.4 Å². The number of ether oxygens (including phenoxy) is 3. The number of hydrogen-bond donors (Lipinski definition) is 0. The lowest BCUT2D eigenvalue weighted by Gasteiger charge is -2.22. The van der Waals surface area contributed by atoms with Crippen molar-refractivity contribution in [2.75, 3.05) is 20.8 Å². The Kier molecular flexibility index (Phi) is 5.67. The van der Waals surface area contributed by atoms with Gasteiger partial charge >= 0.3 is 0 Å². The molecule has 0 atom stereocenters. The van der Waals surface area contributed by atoms with Gasteiger partial charge in [0.15, 0.2) is 11.5 Å². The molecule has 0 radical (unpaired) electrons. The van der Waals surface area contributed by atoms with Crippen molar-refractivity contribution >= 4 is 32.6 Å². The zero-order valence-corrected chi connectivity index (χ0v) is 20.1. The molecule has 3 aromatic carbocycles. The second-order valence-electron chi connectivity index (χ2n) is 8.24. The lowest BCUT2D eigenvalue weighted by Crippen LogP contribution is -2.11. The predicted octanol–water partition coefficient (Wildman–Crippen LogP) is 5.27. The van der Waals surface area contributed by atoms with Gasteiger partial charge in [-0.15, -0.1) is 0 Å². The Morgan fingerprint density at radius 3 is 2.38 bits per heavy atom. The zero-order valence-electron chi connectivity index (χ0n) is 19.2. The number of hydrogen-bond acceptors (Lipinski definition) is 5. The highest BCUT2D eigenvalue weighted by Gasteiger charge is 2.23. The molecule has 1 aliphatic heterocycles. The van der Waals surface area contributed by atoms with Crippen molar-refractivity contribution in [1.82, 2.24) is 3.97 Å².